The molecule has 4 aromatic rings. The van der Waals surface area contributed by atoms with Gasteiger partial charge in [0.05, 0.1) is 50.0 Å². The summed E-state index contributed by atoms with van der Waals surface area (Å²) in [6, 6.07) is 7.94. The zero-order valence-electron chi connectivity index (χ0n) is 20.5. The van der Waals surface area contributed by atoms with Crippen molar-refractivity contribution in [3.05, 3.63) is 59.6 Å². The smallest absolute Gasteiger partial charge is 0.147 e. The number of ether oxygens (including phenoxy) is 2. The van der Waals surface area contributed by atoms with Crippen molar-refractivity contribution in [1.82, 2.24) is 34.5 Å². The molecule has 0 N–H and O–H groups in total. The molecule has 2 fully saturated rings. The zero-order valence-corrected chi connectivity index (χ0v) is 20.5. The maximum atomic E-state index is 13.2. The van der Waals surface area contributed by atoms with E-state index in [9.17, 15) is 9.65 Å². The summed E-state index contributed by atoms with van der Waals surface area (Å²) in [6.45, 7) is 6.09. The van der Waals surface area contributed by atoms with E-state index in [-0.39, 0.29) is 5.82 Å². The molecule has 0 aliphatic carbocycles. The van der Waals surface area contributed by atoms with Gasteiger partial charge in [0.25, 0.3) is 0 Å². The molecule has 6 heterocycles. The minimum Gasteiger partial charge on any atom is -0.491 e. The summed E-state index contributed by atoms with van der Waals surface area (Å²) in [5, 5.41) is 23.0. The molecule has 190 valence electrons. The Kier molecular flexibility index (Phi) is 6.28. The Morgan fingerprint density at radius 2 is 2.03 bits per heavy atom. The molecular formula is C26H27FN8O2. The molecule has 10 nitrogen and oxygen atoms in total. The first-order valence-corrected chi connectivity index (χ1v) is 12.5. The Balaban J connectivity index is 1.24. The molecule has 11 heteroatoms. The van der Waals surface area contributed by atoms with E-state index >= 15 is 0 Å². The molecule has 0 radical (unpaired) electrons. The second kappa shape index (κ2) is 9.88. The molecule has 0 amide bonds. The van der Waals surface area contributed by atoms with Crippen LogP contribution in [0.3, 0.4) is 0 Å². The second-order valence-electron chi connectivity index (χ2n) is 9.55. The molecule has 2 aliphatic rings. The Morgan fingerprint density at radius 3 is 2.73 bits per heavy atom. The first kappa shape index (κ1) is 23.5. The van der Waals surface area contributed by atoms with Gasteiger partial charge in [-0.1, -0.05) is 5.21 Å². The monoisotopic (exact) mass is 502 g/mol. The van der Waals surface area contributed by atoms with Gasteiger partial charge in [-0.15, -0.1) is 5.10 Å². The molecule has 0 unspecified atom stereocenters. The van der Waals surface area contributed by atoms with Crippen molar-refractivity contribution in [2.24, 2.45) is 0 Å². The van der Waals surface area contributed by atoms with Crippen LogP contribution in [0.1, 0.15) is 35.8 Å². The van der Waals surface area contributed by atoms with Gasteiger partial charge < -0.3 is 9.47 Å². The third kappa shape index (κ3) is 4.54. The molecule has 37 heavy (non-hydrogen) atoms. The molecule has 0 saturated carbocycles. The summed E-state index contributed by atoms with van der Waals surface area (Å²) < 4.78 is 28.3. The quantitative estimate of drug-likeness (QED) is 0.380. The van der Waals surface area contributed by atoms with E-state index < -0.39 is 0 Å². The number of likely N-dealkylation sites (tertiary alicyclic amines) is 1. The van der Waals surface area contributed by atoms with Gasteiger partial charge in [-0.25, -0.2) is 13.6 Å². The fourth-order valence-corrected chi connectivity index (χ4v) is 5.11. The highest BCUT2D eigenvalue weighted by atomic mass is 19.1. The van der Waals surface area contributed by atoms with Gasteiger partial charge in [0, 0.05) is 37.0 Å². The molecule has 2 aliphatic heterocycles. The van der Waals surface area contributed by atoms with Gasteiger partial charge in [0.1, 0.15) is 34.4 Å². The van der Waals surface area contributed by atoms with E-state index in [2.05, 4.69) is 31.4 Å². The lowest BCUT2D eigenvalue weighted by Gasteiger charge is -2.41. The summed E-state index contributed by atoms with van der Waals surface area (Å²) >= 11 is 0. The summed E-state index contributed by atoms with van der Waals surface area (Å²) in [7, 11) is 0. The van der Waals surface area contributed by atoms with Crippen molar-refractivity contribution in [1.29, 1.82) is 5.26 Å². The zero-order chi connectivity index (χ0) is 25.4. The number of halogens is 1. The van der Waals surface area contributed by atoms with Crippen LogP contribution in [0.4, 0.5) is 4.39 Å². The molecule has 0 aromatic carbocycles. The van der Waals surface area contributed by atoms with Crippen molar-refractivity contribution < 1.29 is 13.9 Å². The van der Waals surface area contributed by atoms with Crippen LogP contribution in [0.25, 0.3) is 16.8 Å². The van der Waals surface area contributed by atoms with E-state index in [0.29, 0.717) is 41.9 Å². The topological polar surface area (TPSA) is 106 Å². The molecule has 6 rings (SSSR count). The molecule has 4 aromatic heterocycles. The standard InChI is InChI=1S/C26H27FN8O2/c1-17-25(31-32-35(17)22-4-7-33(8-5-22)23-15-36-16-23)18-10-24(26-19(11-28)12-30-34(26)14-18)37-9-6-21-3-2-20(27)13-29-21/h2-3,10,12-14,22-23H,4-9,15-16H2,1H3. The first-order valence-electron chi connectivity index (χ1n) is 12.5. The summed E-state index contributed by atoms with van der Waals surface area (Å²) in [4.78, 5) is 6.60. The van der Waals surface area contributed by atoms with Crippen LogP contribution in [0.2, 0.25) is 0 Å². The van der Waals surface area contributed by atoms with Gasteiger partial charge in [-0.2, -0.15) is 10.4 Å². The minimum absolute atomic E-state index is 0.302. The fourth-order valence-electron chi connectivity index (χ4n) is 5.11. The van der Waals surface area contributed by atoms with Crippen LogP contribution in [-0.4, -0.2) is 73.4 Å². The van der Waals surface area contributed by atoms with Crippen molar-refractivity contribution >= 4 is 5.52 Å². The maximum Gasteiger partial charge on any atom is 0.147 e. The lowest BCUT2D eigenvalue weighted by molar-refractivity contribution is -0.0735. The number of rotatable bonds is 7. The Bertz CT molecular complexity index is 1450. The molecule has 2 saturated heterocycles. The number of nitriles is 1. The Morgan fingerprint density at radius 1 is 1.19 bits per heavy atom. The predicted octanol–water partition coefficient (Wildman–Crippen LogP) is 2.96. The Hall–Kier alpha value is -3.88. The number of piperidine rings is 1. The Labute approximate surface area is 213 Å². The average molecular weight is 503 g/mol. The lowest BCUT2D eigenvalue weighted by atomic mass is 10.0. The van der Waals surface area contributed by atoms with Crippen molar-refractivity contribution in [2.45, 2.75) is 38.3 Å². The third-order valence-electron chi connectivity index (χ3n) is 7.28. The minimum atomic E-state index is -0.376. The van der Waals surface area contributed by atoms with Crippen LogP contribution in [0.5, 0.6) is 5.75 Å². The fraction of sp³-hybridized carbons (Fsp3) is 0.423. The van der Waals surface area contributed by atoms with E-state index in [4.69, 9.17) is 9.47 Å². The number of aromatic nitrogens is 6. The summed E-state index contributed by atoms with van der Waals surface area (Å²) in [6.07, 6.45) is 7.11. The molecule has 0 bridgehead atoms. The number of pyridine rings is 2. The third-order valence-corrected chi connectivity index (χ3v) is 7.28. The van der Waals surface area contributed by atoms with Gasteiger partial charge in [0.2, 0.25) is 0 Å². The van der Waals surface area contributed by atoms with Gasteiger partial charge in [0.15, 0.2) is 0 Å². The van der Waals surface area contributed by atoms with Crippen LogP contribution in [0.15, 0.2) is 36.8 Å². The maximum absolute atomic E-state index is 13.2. The summed E-state index contributed by atoms with van der Waals surface area (Å²) in [5.74, 6) is 0.151. The second-order valence-corrected chi connectivity index (χ2v) is 9.55. The van der Waals surface area contributed by atoms with Crippen LogP contribution in [0, 0.1) is 24.1 Å². The number of hydrogen-bond donors (Lipinski definition) is 0. The van der Waals surface area contributed by atoms with Crippen LogP contribution < -0.4 is 4.74 Å². The molecule has 0 atom stereocenters. The lowest BCUT2D eigenvalue weighted by Crippen LogP contribution is -2.52. The number of fused-ring (bicyclic) bond motifs is 1. The van der Waals surface area contributed by atoms with E-state index in [1.165, 1.54) is 18.5 Å². The summed E-state index contributed by atoms with van der Waals surface area (Å²) in [5.41, 5.74) is 4.29. The highest BCUT2D eigenvalue weighted by Gasteiger charge is 2.31. The normalized spacial score (nSPS) is 17.1. The number of hydrogen-bond acceptors (Lipinski definition) is 8. The van der Waals surface area contributed by atoms with Crippen molar-refractivity contribution in [3.8, 4) is 23.1 Å². The van der Waals surface area contributed by atoms with Gasteiger partial charge in [-0.05, 0) is 38.0 Å². The van der Waals surface area contributed by atoms with Gasteiger partial charge in [-0.3, -0.25) is 9.88 Å². The molecule has 0 spiro atoms. The van der Waals surface area contributed by atoms with Crippen molar-refractivity contribution in [3.63, 3.8) is 0 Å². The first-order chi connectivity index (χ1) is 18.1. The van der Waals surface area contributed by atoms with Crippen LogP contribution in [-0.2, 0) is 11.2 Å². The number of nitrogens with zero attached hydrogens (tertiary/aromatic N) is 8. The highest BCUT2D eigenvalue weighted by Crippen LogP contribution is 2.33. The van der Waals surface area contributed by atoms with E-state index in [1.807, 2.05) is 23.9 Å². The SMILES string of the molecule is Cc1c(-c2cc(OCCc3ccc(F)cn3)c3c(C#N)cnn3c2)nnn1C1CCN(C2COC2)CC1. The van der Waals surface area contributed by atoms with Crippen LogP contribution >= 0.6 is 0 Å². The molecular weight excluding hydrogens is 475 g/mol. The predicted molar refractivity (Wildman–Crippen MR) is 132 cm³/mol. The average Bonchev–Trinajstić information content (AvgIpc) is 3.48. The highest BCUT2D eigenvalue weighted by molar-refractivity contribution is 5.74. The van der Waals surface area contributed by atoms with E-state index in [0.717, 1.165) is 61.8 Å². The largest absolute Gasteiger partial charge is 0.491 e. The van der Waals surface area contributed by atoms with Gasteiger partial charge >= 0.3 is 0 Å². The van der Waals surface area contributed by atoms with Crippen molar-refractivity contribution in [2.75, 3.05) is 32.9 Å². The van der Waals surface area contributed by atoms with E-state index in [1.54, 1.807) is 10.6 Å².